The van der Waals surface area contributed by atoms with E-state index in [9.17, 15) is 9.59 Å². The minimum absolute atomic E-state index is 0.0207. The van der Waals surface area contributed by atoms with E-state index in [1.54, 1.807) is 4.90 Å². The molecule has 2 amide bonds. The van der Waals surface area contributed by atoms with Gasteiger partial charge in [-0.1, -0.05) is 19.9 Å². The number of hydrogen-bond acceptors (Lipinski definition) is 4. The van der Waals surface area contributed by atoms with E-state index in [1.165, 1.54) is 0 Å². The lowest BCUT2D eigenvalue weighted by Crippen LogP contribution is -2.58. The molecule has 1 saturated heterocycles. The second-order valence-electron chi connectivity index (χ2n) is 8.09. The highest BCUT2D eigenvalue weighted by molar-refractivity contribution is 6.00. The van der Waals surface area contributed by atoms with Crippen molar-refractivity contribution in [2.24, 2.45) is 5.92 Å². The van der Waals surface area contributed by atoms with Gasteiger partial charge in [0.1, 0.15) is 6.04 Å². The number of anilines is 1. The fourth-order valence-corrected chi connectivity index (χ4v) is 4.28. The van der Waals surface area contributed by atoms with Crippen molar-refractivity contribution in [2.45, 2.75) is 32.4 Å². The van der Waals surface area contributed by atoms with Crippen LogP contribution in [-0.4, -0.2) is 34.5 Å². The highest BCUT2D eigenvalue weighted by Crippen LogP contribution is 2.42. The van der Waals surface area contributed by atoms with E-state index < -0.39 is 6.04 Å². The molecule has 0 saturated carbocycles. The van der Waals surface area contributed by atoms with Gasteiger partial charge < -0.3 is 24.7 Å². The predicted molar refractivity (Wildman–Crippen MR) is 112 cm³/mol. The van der Waals surface area contributed by atoms with Crippen LogP contribution >= 0.6 is 0 Å². The molecule has 2 atom stereocenters. The standard InChI is InChI=1S/C23H23N3O4/c1-13(2)22(23(28)25-16-4-5-17-14(9-16)7-8-24-17)26-18(11-21(26)27)15-3-6-19-20(10-15)30-12-29-19/h3-10,13,18,22,24H,11-12H2,1-2H3,(H,25,28)/t18-,22-/m0/s1. The molecule has 2 N–H and O–H groups in total. The van der Waals surface area contributed by atoms with Crippen molar-refractivity contribution >= 4 is 28.4 Å². The van der Waals surface area contributed by atoms with Gasteiger partial charge >= 0.3 is 0 Å². The third-order valence-electron chi connectivity index (χ3n) is 5.79. The zero-order valence-corrected chi connectivity index (χ0v) is 16.8. The van der Waals surface area contributed by atoms with Crippen LogP contribution in [0.25, 0.3) is 10.9 Å². The normalized spacial score (nSPS) is 18.6. The molecule has 2 aromatic carbocycles. The van der Waals surface area contributed by atoms with Crippen molar-refractivity contribution in [3.8, 4) is 11.5 Å². The summed E-state index contributed by atoms with van der Waals surface area (Å²) in [6.45, 7) is 4.12. The number of amides is 2. The Labute approximate surface area is 174 Å². The van der Waals surface area contributed by atoms with Gasteiger partial charge in [-0.2, -0.15) is 0 Å². The molecule has 154 valence electrons. The van der Waals surface area contributed by atoms with Gasteiger partial charge in [-0.05, 0) is 47.9 Å². The zero-order chi connectivity index (χ0) is 20.8. The van der Waals surface area contributed by atoms with Gasteiger partial charge in [0.2, 0.25) is 18.6 Å². The number of hydrogen-bond donors (Lipinski definition) is 2. The maximum absolute atomic E-state index is 13.2. The molecule has 0 unspecified atom stereocenters. The summed E-state index contributed by atoms with van der Waals surface area (Å²) in [7, 11) is 0. The van der Waals surface area contributed by atoms with E-state index in [-0.39, 0.29) is 30.6 Å². The number of ether oxygens (including phenoxy) is 2. The fourth-order valence-electron chi connectivity index (χ4n) is 4.28. The number of likely N-dealkylation sites (tertiary alicyclic amines) is 1. The SMILES string of the molecule is CC(C)[C@@H](C(=O)Nc1ccc2[nH]ccc2c1)N1C(=O)C[C@H]1c1ccc2c(c1)OCO2. The van der Waals surface area contributed by atoms with Crippen LogP contribution in [0.15, 0.2) is 48.7 Å². The molecule has 5 rings (SSSR count). The van der Waals surface area contributed by atoms with E-state index >= 15 is 0 Å². The first kappa shape index (κ1) is 18.5. The van der Waals surface area contributed by atoms with Crippen molar-refractivity contribution < 1.29 is 19.1 Å². The number of H-pyrrole nitrogens is 1. The average Bonchev–Trinajstić information content (AvgIpc) is 3.37. The van der Waals surface area contributed by atoms with Gasteiger partial charge in [0.25, 0.3) is 0 Å². The molecule has 2 aliphatic heterocycles. The molecule has 1 fully saturated rings. The summed E-state index contributed by atoms with van der Waals surface area (Å²) in [4.78, 5) is 30.6. The maximum atomic E-state index is 13.2. The Morgan fingerprint density at radius 1 is 1.13 bits per heavy atom. The summed E-state index contributed by atoms with van der Waals surface area (Å²) in [5.74, 6) is 1.14. The number of β-lactam (4-membered cyclic amide) rings is 1. The topological polar surface area (TPSA) is 83.7 Å². The second kappa shape index (κ2) is 7.09. The maximum Gasteiger partial charge on any atom is 0.247 e. The summed E-state index contributed by atoms with van der Waals surface area (Å²) in [5.41, 5.74) is 2.67. The largest absolute Gasteiger partial charge is 0.454 e. The summed E-state index contributed by atoms with van der Waals surface area (Å²) in [6, 6.07) is 12.7. The van der Waals surface area contributed by atoms with Crippen LogP contribution in [-0.2, 0) is 9.59 Å². The number of rotatable bonds is 5. The van der Waals surface area contributed by atoms with Crippen LogP contribution in [0.2, 0.25) is 0 Å². The van der Waals surface area contributed by atoms with Crippen LogP contribution in [0.5, 0.6) is 11.5 Å². The molecule has 2 aliphatic rings. The van der Waals surface area contributed by atoms with Gasteiger partial charge in [-0.25, -0.2) is 0 Å². The van der Waals surface area contributed by atoms with Gasteiger partial charge in [0, 0.05) is 22.8 Å². The minimum Gasteiger partial charge on any atom is -0.454 e. The molecule has 0 radical (unpaired) electrons. The summed E-state index contributed by atoms with van der Waals surface area (Å²) >= 11 is 0. The lowest BCUT2D eigenvalue weighted by Gasteiger charge is -2.46. The highest BCUT2D eigenvalue weighted by Gasteiger charge is 2.45. The van der Waals surface area contributed by atoms with E-state index in [0.29, 0.717) is 23.6 Å². The Balaban J connectivity index is 1.39. The molecular formula is C23H23N3O4. The molecule has 7 heteroatoms. The Morgan fingerprint density at radius 2 is 1.97 bits per heavy atom. The van der Waals surface area contributed by atoms with Crippen molar-refractivity contribution in [3.05, 3.63) is 54.2 Å². The molecule has 0 aliphatic carbocycles. The summed E-state index contributed by atoms with van der Waals surface area (Å²) in [6.07, 6.45) is 2.24. The molecule has 30 heavy (non-hydrogen) atoms. The number of carbonyl (C=O) groups excluding carboxylic acids is 2. The van der Waals surface area contributed by atoms with Crippen LogP contribution in [0.4, 0.5) is 5.69 Å². The number of carbonyl (C=O) groups is 2. The molecule has 0 spiro atoms. The number of nitrogens with zero attached hydrogens (tertiary/aromatic N) is 1. The Kier molecular flexibility index (Phi) is 4.38. The smallest absolute Gasteiger partial charge is 0.247 e. The van der Waals surface area contributed by atoms with Crippen LogP contribution in [0.3, 0.4) is 0 Å². The number of fused-ring (bicyclic) bond motifs is 2. The number of benzene rings is 2. The van der Waals surface area contributed by atoms with Gasteiger partial charge in [0.05, 0.1) is 12.5 Å². The quantitative estimate of drug-likeness (QED) is 0.632. The van der Waals surface area contributed by atoms with Gasteiger partial charge in [-0.3, -0.25) is 9.59 Å². The third-order valence-corrected chi connectivity index (χ3v) is 5.79. The zero-order valence-electron chi connectivity index (χ0n) is 16.8. The number of aromatic amines is 1. The summed E-state index contributed by atoms with van der Waals surface area (Å²) in [5, 5.41) is 4.02. The van der Waals surface area contributed by atoms with Crippen LogP contribution < -0.4 is 14.8 Å². The Bertz CT molecular complexity index is 1140. The molecule has 3 heterocycles. The van der Waals surface area contributed by atoms with Crippen molar-refractivity contribution in [1.29, 1.82) is 0 Å². The second-order valence-corrected chi connectivity index (χ2v) is 8.09. The van der Waals surface area contributed by atoms with Crippen molar-refractivity contribution in [2.75, 3.05) is 12.1 Å². The van der Waals surface area contributed by atoms with Crippen molar-refractivity contribution in [1.82, 2.24) is 9.88 Å². The number of nitrogens with one attached hydrogen (secondary N) is 2. The van der Waals surface area contributed by atoms with E-state index in [0.717, 1.165) is 16.5 Å². The molecule has 0 bridgehead atoms. The molecule has 1 aromatic heterocycles. The summed E-state index contributed by atoms with van der Waals surface area (Å²) < 4.78 is 10.9. The monoisotopic (exact) mass is 405 g/mol. The first-order chi connectivity index (χ1) is 14.5. The lowest BCUT2D eigenvalue weighted by molar-refractivity contribution is -0.156. The van der Waals surface area contributed by atoms with Gasteiger partial charge in [-0.15, -0.1) is 0 Å². The predicted octanol–water partition coefficient (Wildman–Crippen LogP) is 3.83. The van der Waals surface area contributed by atoms with Gasteiger partial charge in [0.15, 0.2) is 11.5 Å². The fraction of sp³-hybridized carbons (Fsp3) is 0.304. The van der Waals surface area contributed by atoms with E-state index in [1.807, 2.05) is 62.5 Å². The van der Waals surface area contributed by atoms with E-state index in [4.69, 9.17) is 9.47 Å². The first-order valence-corrected chi connectivity index (χ1v) is 10.1. The molecular weight excluding hydrogens is 382 g/mol. The van der Waals surface area contributed by atoms with Crippen molar-refractivity contribution in [3.63, 3.8) is 0 Å². The number of aromatic nitrogens is 1. The molecule has 3 aromatic rings. The minimum atomic E-state index is -0.566. The Hall–Kier alpha value is -3.48. The first-order valence-electron chi connectivity index (χ1n) is 10.1. The van der Waals surface area contributed by atoms with E-state index in [2.05, 4.69) is 10.3 Å². The molecule has 7 nitrogen and oxygen atoms in total. The average molecular weight is 405 g/mol. The lowest BCUT2D eigenvalue weighted by atomic mass is 9.87. The van der Waals surface area contributed by atoms with Crippen LogP contribution in [0.1, 0.15) is 31.9 Å². The highest BCUT2D eigenvalue weighted by atomic mass is 16.7. The third kappa shape index (κ3) is 3.07. The van der Waals surface area contributed by atoms with Crippen LogP contribution in [0, 0.1) is 5.92 Å². The Morgan fingerprint density at radius 3 is 2.77 bits per heavy atom.